The quantitative estimate of drug-likeness (QED) is 0.728. The molecule has 1 aliphatic rings. The summed E-state index contributed by atoms with van der Waals surface area (Å²) in [6.07, 6.45) is 0.606. The molecular weight excluding hydrogens is 220 g/mol. The van der Waals surface area contributed by atoms with Gasteiger partial charge < -0.3 is 20.5 Å². The minimum absolute atomic E-state index is 0.0282. The Labute approximate surface area is 103 Å². The molecule has 5 nitrogen and oxygen atoms in total. The summed E-state index contributed by atoms with van der Waals surface area (Å²) in [6.45, 7) is 6.78. The standard InChI is InChI=1S/C12H24N2O3/c1-4-8(2)11(13)12(16)14-5-10(6-15)17-7-9(14)3/h8-11,15H,4-7,13H2,1-3H3/t8-,9?,10?,11-/m0/s1. The second kappa shape index (κ2) is 6.33. The van der Waals surface area contributed by atoms with Crippen LogP contribution in [0.1, 0.15) is 27.2 Å². The fraction of sp³-hybridized carbons (Fsp3) is 0.917. The molecule has 0 aromatic carbocycles. The van der Waals surface area contributed by atoms with E-state index in [1.807, 2.05) is 20.8 Å². The minimum Gasteiger partial charge on any atom is -0.394 e. The van der Waals surface area contributed by atoms with Gasteiger partial charge in [0.2, 0.25) is 5.91 Å². The first-order valence-corrected chi connectivity index (χ1v) is 6.29. The van der Waals surface area contributed by atoms with Gasteiger partial charge in [-0.1, -0.05) is 20.3 Å². The number of rotatable bonds is 4. The third-order valence-corrected chi connectivity index (χ3v) is 3.53. The zero-order valence-electron chi connectivity index (χ0n) is 10.9. The predicted octanol–water partition coefficient (Wildman–Crippen LogP) is -0.0320. The van der Waals surface area contributed by atoms with Crippen LogP contribution in [0.5, 0.6) is 0 Å². The largest absolute Gasteiger partial charge is 0.394 e. The molecule has 100 valence electrons. The van der Waals surface area contributed by atoms with Crippen LogP contribution in [-0.2, 0) is 9.53 Å². The number of hydrogen-bond acceptors (Lipinski definition) is 4. The Kier molecular flexibility index (Phi) is 5.36. The summed E-state index contributed by atoms with van der Waals surface area (Å²) in [6, 6.07) is -0.430. The summed E-state index contributed by atoms with van der Waals surface area (Å²) >= 11 is 0. The number of ether oxygens (including phenoxy) is 1. The third kappa shape index (κ3) is 3.40. The topological polar surface area (TPSA) is 75.8 Å². The van der Waals surface area contributed by atoms with E-state index in [9.17, 15) is 4.79 Å². The maximum absolute atomic E-state index is 12.2. The summed E-state index contributed by atoms with van der Waals surface area (Å²) in [5.41, 5.74) is 5.96. The van der Waals surface area contributed by atoms with E-state index in [4.69, 9.17) is 15.6 Å². The molecule has 0 aromatic heterocycles. The molecule has 0 spiro atoms. The van der Waals surface area contributed by atoms with Crippen LogP contribution < -0.4 is 5.73 Å². The zero-order chi connectivity index (χ0) is 13.0. The van der Waals surface area contributed by atoms with Gasteiger partial charge in [-0.15, -0.1) is 0 Å². The molecule has 5 heteroatoms. The van der Waals surface area contributed by atoms with Crippen LogP contribution in [0.15, 0.2) is 0 Å². The number of aliphatic hydroxyl groups is 1. The lowest BCUT2D eigenvalue weighted by Gasteiger charge is -2.39. The molecule has 3 N–H and O–H groups in total. The fourth-order valence-corrected chi connectivity index (χ4v) is 1.92. The average molecular weight is 244 g/mol. The zero-order valence-corrected chi connectivity index (χ0v) is 10.9. The van der Waals surface area contributed by atoms with Crippen molar-refractivity contribution in [3.05, 3.63) is 0 Å². The number of nitrogens with zero attached hydrogens (tertiary/aromatic N) is 1. The van der Waals surface area contributed by atoms with Crippen LogP contribution in [-0.4, -0.2) is 53.9 Å². The number of carbonyl (C=O) groups excluding carboxylic acids is 1. The Hall–Kier alpha value is -0.650. The lowest BCUT2D eigenvalue weighted by atomic mass is 9.98. The van der Waals surface area contributed by atoms with Crippen LogP contribution in [0.25, 0.3) is 0 Å². The molecule has 4 atom stereocenters. The number of morpholine rings is 1. The maximum Gasteiger partial charge on any atom is 0.240 e. The molecule has 0 aliphatic carbocycles. The first-order chi connectivity index (χ1) is 8.01. The van der Waals surface area contributed by atoms with E-state index in [2.05, 4.69) is 0 Å². The second-order valence-electron chi connectivity index (χ2n) is 4.89. The van der Waals surface area contributed by atoms with Gasteiger partial charge in [0.1, 0.15) is 0 Å². The van der Waals surface area contributed by atoms with E-state index in [-0.39, 0.29) is 30.6 Å². The summed E-state index contributed by atoms with van der Waals surface area (Å²) in [5.74, 6) is 0.138. The first kappa shape index (κ1) is 14.4. The molecule has 17 heavy (non-hydrogen) atoms. The number of aliphatic hydroxyl groups excluding tert-OH is 1. The first-order valence-electron chi connectivity index (χ1n) is 6.29. The fourth-order valence-electron chi connectivity index (χ4n) is 1.92. The van der Waals surface area contributed by atoms with Gasteiger partial charge >= 0.3 is 0 Å². The van der Waals surface area contributed by atoms with E-state index in [0.29, 0.717) is 13.2 Å². The third-order valence-electron chi connectivity index (χ3n) is 3.53. The van der Waals surface area contributed by atoms with E-state index >= 15 is 0 Å². The van der Waals surface area contributed by atoms with Crippen molar-refractivity contribution >= 4 is 5.91 Å². The van der Waals surface area contributed by atoms with Crippen molar-refractivity contribution in [3.63, 3.8) is 0 Å². The summed E-state index contributed by atoms with van der Waals surface area (Å²) in [4.78, 5) is 14.0. The maximum atomic E-state index is 12.2. The molecule has 1 amide bonds. The van der Waals surface area contributed by atoms with Crippen molar-refractivity contribution in [2.75, 3.05) is 19.8 Å². The van der Waals surface area contributed by atoms with Crippen LogP contribution in [0.3, 0.4) is 0 Å². The van der Waals surface area contributed by atoms with Crippen LogP contribution >= 0.6 is 0 Å². The summed E-state index contributed by atoms with van der Waals surface area (Å²) in [7, 11) is 0. The molecule has 2 unspecified atom stereocenters. The Morgan fingerprint density at radius 3 is 2.82 bits per heavy atom. The summed E-state index contributed by atoms with van der Waals surface area (Å²) in [5, 5.41) is 9.08. The lowest BCUT2D eigenvalue weighted by Crippen LogP contribution is -2.57. The number of amides is 1. The second-order valence-corrected chi connectivity index (χ2v) is 4.89. The van der Waals surface area contributed by atoms with Crippen molar-refractivity contribution in [3.8, 4) is 0 Å². The van der Waals surface area contributed by atoms with Crippen LogP contribution in [0.2, 0.25) is 0 Å². The number of nitrogens with two attached hydrogens (primary N) is 1. The molecule has 1 rings (SSSR count). The van der Waals surface area contributed by atoms with Crippen LogP contribution in [0.4, 0.5) is 0 Å². The van der Waals surface area contributed by atoms with Crippen molar-refractivity contribution < 1.29 is 14.6 Å². The molecule has 0 radical (unpaired) electrons. The van der Waals surface area contributed by atoms with Gasteiger partial charge in [-0.25, -0.2) is 0 Å². The number of hydrogen-bond donors (Lipinski definition) is 2. The Morgan fingerprint density at radius 2 is 2.29 bits per heavy atom. The van der Waals surface area contributed by atoms with Gasteiger partial charge in [-0.2, -0.15) is 0 Å². The van der Waals surface area contributed by atoms with E-state index < -0.39 is 6.04 Å². The SMILES string of the molecule is CC[C@H](C)[C@H](N)C(=O)N1CC(CO)OCC1C. The highest BCUT2D eigenvalue weighted by molar-refractivity contribution is 5.82. The van der Waals surface area contributed by atoms with Gasteiger partial charge in [0.05, 0.1) is 31.4 Å². The smallest absolute Gasteiger partial charge is 0.240 e. The van der Waals surface area contributed by atoms with Gasteiger partial charge in [0.25, 0.3) is 0 Å². The lowest BCUT2D eigenvalue weighted by molar-refractivity contribution is -0.148. The van der Waals surface area contributed by atoms with Gasteiger partial charge in [0.15, 0.2) is 0 Å². The Bertz CT molecular complexity index is 260. The molecule has 0 bridgehead atoms. The average Bonchev–Trinajstić information content (AvgIpc) is 2.36. The molecule has 1 heterocycles. The van der Waals surface area contributed by atoms with E-state index in [1.54, 1.807) is 4.90 Å². The predicted molar refractivity (Wildman–Crippen MR) is 65.4 cm³/mol. The highest BCUT2D eigenvalue weighted by atomic mass is 16.5. The highest BCUT2D eigenvalue weighted by Crippen LogP contribution is 2.16. The van der Waals surface area contributed by atoms with E-state index in [0.717, 1.165) is 6.42 Å². The van der Waals surface area contributed by atoms with Crippen LogP contribution in [0, 0.1) is 5.92 Å². The van der Waals surface area contributed by atoms with Crippen molar-refractivity contribution in [2.24, 2.45) is 11.7 Å². The van der Waals surface area contributed by atoms with Gasteiger partial charge in [0, 0.05) is 6.54 Å². The normalized spacial score (nSPS) is 28.9. The molecule has 1 saturated heterocycles. The van der Waals surface area contributed by atoms with Crippen molar-refractivity contribution in [1.82, 2.24) is 4.90 Å². The molecule has 0 saturated carbocycles. The molecule has 0 aromatic rings. The number of carbonyl (C=O) groups is 1. The Morgan fingerprint density at radius 1 is 1.65 bits per heavy atom. The minimum atomic E-state index is -0.458. The molecular formula is C12H24N2O3. The van der Waals surface area contributed by atoms with Gasteiger partial charge in [-0.05, 0) is 12.8 Å². The summed E-state index contributed by atoms with van der Waals surface area (Å²) < 4.78 is 5.40. The highest BCUT2D eigenvalue weighted by Gasteiger charge is 2.33. The Balaban J connectivity index is 2.65. The van der Waals surface area contributed by atoms with Crippen molar-refractivity contribution in [2.45, 2.75) is 45.4 Å². The monoisotopic (exact) mass is 244 g/mol. The molecule has 1 aliphatic heterocycles. The molecule has 1 fully saturated rings. The van der Waals surface area contributed by atoms with Crippen molar-refractivity contribution in [1.29, 1.82) is 0 Å². The van der Waals surface area contributed by atoms with E-state index in [1.165, 1.54) is 0 Å². The van der Waals surface area contributed by atoms with Gasteiger partial charge in [-0.3, -0.25) is 4.79 Å².